The van der Waals surface area contributed by atoms with Crippen LogP contribution in [0.3, 0.4) is 0 Å². The van der Waals surface area contributed by atoms with Gasteiger partial charge in [-0.1, -0.05) is 24.3 Å². The summed E-state index contributed by atoms with van der Waals surface area (Å²) in [5, 5.41) is 0. The zero-order valence-corrected chi connectivity index (χ0v) is 18.3. The van der Waals surface area contributed by atoms with Gasteiger partial charge >= 0.3 is 11.9 Å². The average molecular weight is 450 g/mol. The highest BCUT2D eigenvalue weighted by Gasteiger charge is 2.49. The first-order valence-corrected chi connectivity index (χ1v) is 10.3. The van der Waals surface area contributed by atoms with E-state index in [2.05, 4.69) is 13.2 Å². The molecule has 0 amide bonds. The first-order valence-electron chi connectivity index (χ1n) is 10.3. The third-order valence-corrected chi connectivity index (χ3v) is 6.31. The third-order valence-electron chi connectivity index (χ3n) is 6.31. The fourth-order valence-electron chi connectivity index (χ4n) is 4.80. The van der Waals surface area contributed by atoms with Crippen LogP contribution in [0.15, 0.2) is 37.5 Å². The molecule has 9 heteroatoms. The van der Waals surface area contributed by atoms with Crippen LogP contribution in [0.2, 0.25) is 0 Å². The lowest BCUT2D eigenvalue weighted by molar-refractivity contribution is -0.150. The Labute approximate surface area is 187 Å². The quantitative estimate of drug-likeness (QED) is 0.189. The molecule has 8 unspecified atom stereocenters. The van der Waals surface area contributed by atoms with E-state index < -0.39 is 41.9 Å². The van der Waals surface area contributed by atoms with Crippen molar-refractivity contribution in [2.24, 2.45) is 35.5 Å². The molecular weight excluding hydrogens is 420 g/mol. The summed E-state index contributed by atoms with van der Waals surface area (Å²) in [5.74, 6) is -3.20. The minimum absolute atomic E-state index is 0.0429. The van der Waals surface area contributed by atoms with Crippen molar-refractivity contribution >= 4 is 24.9 Å². The molecule has 0 radical (unpaired) electrons. The van der Waals surface area contributed by atoms with Crippen LogP contribution in [-0.2, 0) is 42.9 Å². The van der Waals surface area contributed by atoms with E-state index in [9.17, 15) is 19.2 Å². The Morgan fingerprint density at radius 1 is 0.844 bits per heavy atom. The van der Waals surface area contributed by atoms with E-state index in [1.54, 1.807) is 12.2 Å². The number of rotatable bonds is 12. The van der Waals surface area contributed by atoms with Gasteiger partial charge < -0.3 is 23.7 Å². The molecule has 8 atom stereocenters. The van der Waals surface area contributed by atoms with Crippen molar-refractivity contribution < 1.29 is 42.9 Å². The molecule has 2 fully saturated rings. The maximum absolute atomic E-state index is 12.5. The molecule has 2 aliphatic rings. The number of carbonyl (C=O) groups excluding carboxylic acids is 4. The lowest BCUT2D eigenvalue weighted by atomic mass is 9.85. The van der Waals surface area contributed by atoms with Gasteiger partial charge in [-0.3, -0.25) is 19.2 Å². The molecule has 0 spiro atoms. The Hall–Kier alpha value is -2.94. The molecule has 1 aliphatic carbocycles. The van der Waals surface area contributed by atoms with Gasteiger partial charge in [0.15, 0.2) is 0 Å². The average Bonchev–Trinajstić information content (AvgIpc) is 3.35. The normalized spacial score (nSPS) is 33.9. The standard InChI is InChI=1S/C23H30O9/c1-5-14-9-15(20(22(26)28-3)16(14)10-30-12-24)7-8-19-17(11-31-13-25)21(23(27)29-4)18(6-2)32-19/h5-8,12-21H,1-2,9-11H2,3-4H3. The molecule has 0 aromatic carbocycles. The fraction of sp³-hybridized carbons (Fsp3) is 0.565. The maximum Gasteiger partial charge on any atom is 0.312 e. The molecule has 0 N–H and O–H groups in total. The summed E-state index contributed by atoms with van der Waals surface area (Å²) in [7, 11) is 2.59. The van der Waals surface area contributed by atoms with E-state index in [1.165, 1.54) is 20.3 Å². The van der Waals surface area contributed by atoms with Gasteiger partial charge in [0.05, 0.1) is 51.5 Å². The summed E-state index contributed by atoms with van der Waals surface area (Å²) in [6.07, 6.45) is 6.27. The maximum atomic E-state index is 12.5. The number of hydrogen-bond acceptors (Lipinski definition) is 9. The molecule has 1 saturated heterocycles. The number of methoxy groups -OCH3 is 2. The molecule has 1 saturated carbocycles. The van der Waals surface area contributed by atoms with E-state index >= 15 is 0 Å². The van der Waals surface area contributed by atoms with Crippen LogP contribution in [0.4, 0.5) is 0 Å². The van der Waals surface area contributed by atoms with Crippen molar-refractivity contribution in [2.75, 3.05) is 27.4 Å². The molecule has 0 aromatic rings. The Morgan fingerprint density at radius 3 is 1.97 bits per heavy atom. The summed E-state index contributed by atoms with van der Waals surface area (Å²) in [6.45, 7) is 8.25. The third kappa shape index (κ3) is 5.45. The van der Waals surface area contributed by atoms with Gasteiger partial charge in [0.1, 0.15) is 0 Å². The van der Waals surface area contributed by atoms with Crippen molar-refractivity contribution in [2.45, 2.75) is 18.6 Å². The van der Waals surface area contributed by atoms with Gasteiger partial charge in [0.2, 0.25) is 0 Å². The monoisotopic (exact) mass is 450 g/mol. The summed E-state index contributed by atoms with van der Waals surface area (Å²) in [6, 6.07) is 0. The highest BCUT2D eigenvalue weighted by molar-refractivity contribution is 5.75. The summed E-state index contributed by atoms with van der Waals surface area (Å²) >= 11 is 0. The predicted octanol–water partition coefficient (Wildman–Crippen LogP) is 1.47. The van der Waals surface area contributed by atoms with Gasteiger partial charge in [0.25, 0.3) is 12.9 Å². The fourth-order valence-corrected chi connectivity index (χ4v) is 4.80. The second kappa shape index (κ2) is 12.2. The van der Waals surface area contributed by atoms with Crippen molar-refractivity contribution in [3.63, 3.8) is 0 Å². The molecule has 1 aliphatic heterocycles. The first kappa shape index (κ1) is 25.3. The van der Waals surface area contributed by atoms with Crippen molar-refractivity contribution in [1.29, 1.82) is 0 Å². The second-order valence-electron chi connectivity index (χ2n) is 7.77. The first-order chi connectivity index (χ1) is 15.5. The molecule has 9 nitrogen and oxygen atoms in total. The molecule has 0 bridgehead atoms. The number of ether oxygens (including phenoxy) is 5. The van der Waals surface area contributed by atoms with Crippen LogP contribution >= 0.6 is 0 Å². The number of hydrogen-bond donors (Lipinski definition) is 0. The van der Waals surface area contributed by atoms with Gasteiger partial charge in [-0.05, 0) is 18.3 Å². The summed E-state index contributed by atoms with van der Waals surface area (Å²) < 4.78 is 25.7. The van der Waals surface area contributed by atoms with Crippen molar-refractivity contribution in [3.05, 3.63) is 37.5 Å². The van der Waals surface area contributed by atoms with Gasteiger partial charge in [-0.25, -0.2) is 0 Å². The Morgan fingerprint density at radius 2 is 1.44 bits per heavy atom. The molecule has 2 rings (SSSR count). The lowest BCUT2D eigenvalue weighted by Crippen LogP contribution is -2.33. The van der Waals surface area contributed by atoms with Crippen LogP contribution in [0.25, 0.3) is 0 Å². The van der Waals surface area contributed by atoms with E-state index in [0.717, 1.165) is 0 Å². The van der Waals surface area contributed by atoms with Crippen LogP contribution < -0.4 is 0 Å². The van der Waals surface area contributed by atoms with Crippen molar-refractivity contribution in [3.8, 4) is 0 Å². The van der Waals surface area contributed by atoms with Crippen LogP contribution in [0.1, 0.15) is 6.42 Å². The van der Waals surface area contributed by atoms with Crippen molar-refractivity contribution in [1.82, 2.24) is 0 Å². The topological polar surface area (TPSA) is 114 Å². The Kier molecular flexibility index (Phi) is 9.64. The van der Waals surface area contributed by atoms with Crippen LogP contribution in [-0.4, -0.2) is 64.5 Å². The largest absolute Gasteiger partial charge is 0.469 e. The smallest absolute Gasteiger partial charge is 0.312 e. The summed E-state index contributed by atoms with van der Waals surface area (Å²) in [4.78, 5) is 46.3. The molecule has 176 valence electrons. The summed E-state index contributed by atoms with van der Waals surface area (Å²) in [5.41, 5.74) is 0. The zero-order chi connectivity index (χ0) is 23.7. The number of carbonyl (C=O) groups is 4. The van der Waals surface area contributed by atoms with Crippen LogP contribution in [0.5, 0.6) is 0 Å². The Bertz CT molecular complexity index is 731. The molecular formula is C23H30O9. The number of esters is 2. The minimum Gasteiger partial charge on any atom is -0.469 e. The second-order valence-corrected chi connectivity index (χ2v) is 7.77. The highest BCUT2D eigenvalue weighted by Crippen LogP contribution is 2.44. The number of allylic oxidation sites excluding steroid dienone is 2. The SMILES string of the molecule is C=CC1CC(C=CC2OC(C=C)C(C(=O)OC)C2COC=O)C(C(=O)OC)C1COC=O. The van der Waals surface area contributed by atoms with Gasteiger partial charge in [-0.2, -0.15) is 0 Å². The van der Waals surface area contributed by atoms with E-state index in [-0.39, 0.29) is 31.0 Å². The van der Waals surface area contributed by atoms with E-state index in [0.29, 0.717) is 19.4 Å². The highest BCUT2D eigenvalue weighted by atomic mass is 16.5. The molecule has 1 heterocycles. The zero-order valence-electron chi connectivity index (χ0n) is 18.3. The van der Waals surface area contributed by atoms with E-state index in [4.69, 9.17) is 23.7 Å². The lowest BCUT2D eigenvalue weighted by Gasteiger charge is -2.22. The Balaban J connectivity index is 2.30. The van der Waals surface area contributed by atoms with Gasteiger partial charge in [0, 0.05) is 11.8 Å². The van der Waals surface area contributed by atoms with E-state index in [1.807, 2.05) is 6.08 Å². The van der Waals surface area contributed by atoms with Gasteiger partial charge in [-0.15, -0.1) is 13.2 Å². The minimum atomic E-state index is -0.693. The predicted molar refractivity (Wildman–Crippen MR) is 112 cm³/mol. The molecule has 32 heavy (non-hydrogen) atoms. The molecule has 0 aromatic heterocycles. The van der Waals surface area contributed by atoms with Crippen LogP contribution in [0, 0.1) is 35.5 Å².